The average molecular weight is 226 g/mol. The fourth-order valence-electron chi connectivity index (χ4n) is 1.80. The summed E-state index contributed by atoms with van der Waals surface area (Å²) in [5.74, 6) is -1.88. The second kappa shape index (κ2) is 4.70. The lowest BCUT2D eigenvalue weighted by Crippen LogP contribution is -2.21. The van der Waals surface area contributed by atoms with Crippen LogP contribution in [0, 0.1) is 11.6 Å². The van der Waals surface area contributed by atoms with Crippen LogP contribution in [-0.4, -0.2) is 18.5 Å². The minimum Gasteiger partial charge on any atom is -0.370 e. The molecule has 1 aromatic carbocycles. The first-order chi connectivity index (χ1) is 7.66. The smallest absolute Gasteiger partial charge is 0.165 e. The van der Waals surface area contributed by atoms with Gasteiger partial charge in [-0.05, 0) is 30.5 Å². The number of carbonyl (C=O) groups excluding carboxylic acids is 1. The van der Waals surface area contributed by atoms with E-state index in [1.807, 2.05) is 0 Å². The first-order valence-electron chi connectivity index (χ1n) is 5.25. The maximum atomic E-state index is 12.9. The third-order valence-corrected chi connectivity index (χ3v) is 2.65. The highest BCUT2D eigenvalue weighted by molar-refractivity contribution is 5.85. The van der Waals surface area contributed by atoms with E-state index in [0.29, 0.717) is 12.2 Å². The fourth-order valence-corrected chi connectivity index (χ4v) is 1.80. The van der Waals surface area contributed by atoms with Gasteiger partial charge in [0.2, 0.25) is 0 Å². The Kier molecular flexibility index (Phi) is 3.29. The van der Waals surface area contributed by atoms with Crippen LogP contribution in [0.4, 0.5) is 8.78 Å². The molecule has 1 aliphatic heterocycles. The van der Waals surface area contributed by atoms with E-state index in [4.69, 9.17) is 4.74 Å². The summed E-state index contributed by atoms with van der Waals surface area (Å²) < 4.78 is 30.8. The van der Waals surface area contributed by atoms with Crippen molar-refractivity contribution in [2.45, 2.75) is 25.4 Å². The first kappa shape index (κ1) is 11.2. The Balaban J connectivity index is 2.02. The summed E-state index contributed by atoms with van der Waals surface area (Å²) in [5, 5.41) is 0. The van der Waals surface area contributed by atoms with E-state index < -0.39 is 11.6 Å². The largest absolute Gasteiger partial charge is 0.370 e. The van der Waals surface area contributed by atoms with Gasteiger partial charge in [0, 0.05) is 13.0 Å². The van der Waals surface area contributed by atoms with Gasteiger partial charge in [0.15, 0.2) is 17.4 Å². The van der Waals surface area contributed by atoms with Crippen LogP contribution in [0.15, 0.2) is 18.2 Å². The molecule has 1 aliphatic rings. The number of benzene rings is 1. The van der Waals surface area contributed by atoms with E-state index in [2.05, 4.69) is 0 Å². The highest BCUT2D eigenvalue weighted by atomic mass is 19.2. The van der Waals surface area contributed by atoms with Crippen LogP contribution >= 0.6 is 0 Å². The van der Waals surface area contributed by atoms with E-state index in [9.17, 15) is 13.6 Å². The second-order valence-electron chi connectivity index (χ2n) is 3.89. The van der Waals surface area contributed by atoms with Gasteiger partial charge < -0.3 is 4.74 Å². The summed E-state index contributed by atoms with van der Waals surface area (Å²) in [5.41, 5.74) is 0.486. The van der Waals surface area contributed by atoms with E-state index in [1.54, 1.807) is 0 Å². The van der Waals surface area contributed by atoms with Crippen LogP contribution in [0.1, 0.15) is 18.4 Å². The fraction of sp³-hybridized carbons (Fsp3) is 0.417. The molecule has 4 heteroatoms. The molecule has 1 saturated heterocycles. The quantitative estimate of drug-likeness (QED) is 0.790. The monoisotopic (exact) mass is 226 g/mol. The average Bonchev–Trinajstić information content (AvgIpc) is 2.77. The number of ether oxygens (including phenoxy) is 1. The van der Waals surface area contributed by atoms with Crippen LogP contribution < -0.4 is 0 Å². The molecule has 1 unspecified atom stereocenters. The van der Waals surface area contributed by atoms with Gasteiger partial charge >= 0.3 is 0 Å². The summed E-state index contributed by atoms with van der Waals surface area (Å²) in [6.07, 6.45) is 1.34. The molecular formula is C12H12F2O2. The van der Waals surface area contributed by atoms with Crippen molar-refractivity contribution in [3.63, 3.8) is 0 Å². The van der Waals surface area contributed by atoms with Crippen molar-refractivity contribution in [3.05, 3.63) is 35.4 Å². The third kappa shape index (κ3) is 2.44. The molecule has 2 rings (SSSR count). The summed E-state index contributed by atoms with van der Waals surface area (Å²) >= 11 is 0. The molecule has 0 bridgehead atoms. The van der Waals surface area contributed by atoms with Gasteiger partial charge in [-0.15, -0.1) is 0 Å². The molecule has 86 valence electrons. The van der Waals surface area contributed by atoms with Crippen LogP contribution in [0.2, 0.25) is 0 Å². The normalized spacial score (nSPS) is 20.0. The topological polar surface area (TPSA) is 26.3 Å². The Morgan fingerprint density at radius 1 is 1.38 bits per heavy atom. The number of rotatable bonds is 3. The molecule has 0 saturated carbocycles. The molecule has 0 aliphatic carbocycles. The summed E-state index contributed by atoms with van der Waals surface area (Å²) in [4.78, 5) is 11.7. The minimum absolute atomic E-state index is 0.0662. The molecule has 1 atom stereocenters. The minimum atomic E-state index is -0.919. The lowest BCUT2D eigenvalue weighted by molar-refractivity contribution is -0.127. The summed E-state index contributed by atoms with van der Waals surface area (Å²) in [6, 6.07) is 3.51. The van der Waals surface area contributed by atoms with Crippen molar-refractivity contribution >= 4 is 5.78 Å². The number of Topliss-reactive ketones (excluding diaryl/α,β-unsaturated/α-hetero) is 1. The predicted molar refractivity (Wildman–Crippen MR) is 54.0 cm³/mol. The Hall–Kier alpha value is -1.29. The van der Waals surface area contributed by atoms with Crippen LogP contribution in [0.5, 0.6) is 0 Å². The van der Waals surface area contributed by atoms with Gasteiger partial charge in [-0.1, -0.05) is 6.07 Å². The molecule has 16 heavy (non-hydrogen) atoms. The molecule has 0 amide bonds. The van der Waals surface area contributed by atoms with E-state index in [1.165, 1.54) is 6.07 Å². The van der Waals surface area contributed by atoms with Crippen LogP contribution in [-0.2, 0) is 16.0 Å². The first-order valence-corrected chi connectivity index (χ1v) is 5.25. The number of hydrogen-bond acceptors (Lipinski definition) is 2. The zero-order chi connectivity index (χ0) is 11.5. The van der Waals surface area contributed by atoms with Crippen molar-refractivity contribution < 1.29 is 18.3 Å². The van der Waals surface area contributed by atoms with Crippen LogP contribution in [0.3, 0.4) is 0 Å². The van der Waals surface area contributed by atoms with Gasteiger partial charge in [-0.2, -0.15) is 0 Å². The Morgan fingerprint density at radius 2 is 2.19 bits per heavy atom. The SMILES string of the molecule is O=C(Cc1ccc(F)c(F)c1)C1CCCO1. The van der Waals surface area contributed by atoms with Gasteiger partial charge in [0.05, 0.1) is 0 Å². The Morgan fingerprint density at radius 3 is 2.81 bits per heavy atom. The van der Waals surface area contributed by atoms with Crippen molar-refractivity contribution in [1.82, 2.24) is 0 Å². The Labute approximate surface area is 92.2 Å². The summed E-state index contributed by atoms with van der Waals surface area (Å²) in [7, 11) is 0. The lowest BCUT2D eigenvalue weighted by atomic mass is 10.0. The maximum Gasteiger partial charge on any atom is 0.165 e. The molecule has 1 heterocycles. The molecule has 1 fully saturated rings. The van der Waals surface area contributed by atoms with Crippen molar-refractivity contribution in [3.8, 4) is 0 Å². The van der Waals surface area contributed by atoms with Gasteiger partial charge in [0.1, 0.15) is 6.10 Å². The predicted octanol–water partition coefficient (Wildman–Crippen LogP) is 2.26. The van der Waals surface area contributed by atoms with Crippen molar-refractivity contribution in [2.75, 3.05) is 6.61 Å². The second-order valence-corrected chi connectivity index (χ2v) is 3.89. The highest BCUT2D eigenvalue weighted by Gasteiger charge is 2.23. The molecular weight excluding hydrogens is 214 g/mol. The number of carbonyl (C=O) groups is 1. The standard InChI is InChI=1S/C12H12F2O2/c13-9-4-3-8(6-10(9)14)7-11(15)12-2-1-5-16-12/h3-4,6,12H,1-2,5,7H2. The van der Waals surface area contributed by atoms with Crippen LogP contribution in [0.25, 0.3) is 0 Å². The molecule has 2 nitrogen and oxygen atoms in total. The lowest BCUT2D eigenvalue weighted by Gasteiger charge is -2.08. The van der Waals surface area contributed by atoms with E-state index in [-0.39, 0.29) is 18.3 Å². The van der Waals surface area contributed by atoms with Gasteiger partial charge in [-0.25, -0.2) is 8.78 Å². The molecule has 0 radical (unpaired) electrons. The van der Waals surface area contributed by atoms with Gasteiger partial charge in [-0.3, -0.25) is 4.79 Å². The number of hydrogen-bond donors (Lipinski definition) is 0. The molecule has 1 aromatic rings. The Bertz CT molecular complexity index is 398. The van der Waals surface area contributed by atoms with Crippen molar-refractivity contribution in [1.29, 1.82) is 0 Å². The van der Waals surface area contributed by atoms with E-state index >= 15 is 0 Å². The van der Waals surface area contributed by atoms with E-state index in [0.717, 1.165) is 25.0 Å². The number of ketones is 1. The molecule has 0 N–H and O–H groups in total. The van der Waals surface area contributed by atoms with Gasteiger partial charge in [0.25, 0.3) is 0 Å². The maximum absolute atomic E-state index is 12.9. The zero-order valence-corrected chi connectivity index (χ0v) is 8.71. The molecule has 0 aromatic heterocycles. The highest BCUT2D eigenvalue weighted by Crippen LogP contribution is 2.16. The molecule has 0 spiro atoms. The zero-order valence-electron chi connectivity index (χ0n) is 8.71. The van der Waals surface area contributed by atoms with Crippen molar-refractivity contribution in [2.24, 2.45) is 0 Å². The third-order valence-electron chi connectivity index (χ3n) is 2.65. The number of halogens is 2. The summed E-state index contributed by atoms with van der Waals surface area (Å²) in [6.45, 7) is 0.605.